The van der Waals surface area contributed by atoms with E-state index in [1.165, 1.54) is 0 Å². The summed E-state index contributed by atoms with van der Waals surface area (Å²) in [6, 6.07) is 3.99. The van der Waals surface area contributed by atoms with Gasteiger partial charge in [0.1, 0.15) is 5.75 Å². The lowest BCUT2D eigenvalue weighted by Gasteiger charge is -2.14. The van der Waals surface area contributed by atoms with Crippen LogP contribution in [0.15, 0.2) is 17.2 Å². The maximum atomic E-state index is 9.67. The minimum Gasteiger partial charge on any atom is -0.507 e. The van der Waals surface area contributed by atoms with Crippen molar-refractivity contribution >= 4 is 5.71 Å². The van der Waals surface area contributed by atoms with Crippen LogP contribution in [0, 0.1) is 13.8 Å². The van der Waals surface area contributed by atoms with E-state index in [4.69, 9.17) is 0 Å². The fraction of sp³-hybridized carbons (Fsp3) is 0.417. The number of rotatable bonds is 1. The van der Waals surface area contributed by atoms with Crippen LogP contribution in [0.4, 0.5) is 0 Å². The van der Waals surface area contributed by atoms with Crippen molar-refractivity contribution in [2.75, 3.05) is 6.54 Å². The van der Waals surface area contributed by atoms with Crippen LogP contribution < -0.4 is 5.43 Å². The third-order valence-corrected chi connectivity index (χ3v) is 2.74. The Hall–Kier alpha value is -1.51. The summed E-state index contributed by atoms with van der Waals surface area (Å²) in [7, 11) is 0. The minimum absolute atomic E-state index is 0.392. The zero-order valence-corrected chi connectivity index (χ0v) is 9.17. The molecule has 3 heteroatoms. The number of nitrogens with zero attached hydrogens (tertiary/aromatic N) is 1. The van der Waals surface area contributed by atoms with E-state index in [0.29, 0.717) is 5.75 Å². The molecule has 1 aromatic rings. The molecule has 3 nitrogen and oxygen atoms in total. The van der Waals surface area contributed by atoms with Gasteiger partial charge in [-0.25, -0.2) is 0 Å². The molecule has 0 amide bonds. The van der Waals surface area contributed by atoms with E-state index in [0.717, 1.165) is 41.8 Å². The fourth-order valence-corrected chi connectivity index (χ4v) is 1.87. The van der Waals surface area contributed by atoms with Gasteiger partial charge in [-0.2, -0.15) is 5.10 Å². The van der Waals surface area contributed by atoms with E-state index in [2.05, 4.69) is 10.5 Å². The first kappa shape index (κ1) is 10.0. The van der Waals surface area contributed by atoms with E-state index in [1.54, 1.807) is 0 Å². The van der Waals surface area contributed by atoms with Gasteiger partial charge in [-0.15, -0.1) is 0 Å². The molecule has 1 aromatic carbocycles. The van der Waals surface area contributed by atoms with Gasteiger partial charge in [-0.1, -0.05) is 0 Å². The summed E-state index contributed by atoms with van der Waals surface area (Å²) in [6.07, 6.45) is 2.13. The molecule has 15 heavy (non-hydrogen) atoms. The third-order valence-electron chi connectivity index (χ3n) is 2.74. The van der Waals surface area contributed by atoms with Gasteiger partial charge < -0.3 is 10.5 Å². The number of nitrogens with one attached hydrogen (secondary N) is 1. The standard InChI is InChI=1S/C12H16N2O/c1-8-6-10(7-9(2)12(8)15)11-4-3-5-13-14-11/h6-7,13,15H,3-5H2,1-2H3. The molecule has 1 aliphatic rings. The number of aromatic hydroxyl groups is 1. The van der Waals surface area contributed by atoms with Crippen LogP contribution in [0.3, 0.4) is 0 Å². The number of hydrazone groups is 1. The number of aryl methyl sites for hydroxylation is 2. The molecular weight excluding hydrogens is 188 g/mol. The van der Waals surface area contributed by atoms with Gasteiger partial charge in [-0.3, -0.25) is 0 Å². The largest absolute Gasteiger partial charge is 0.507 e. The normalized spacial score (nSPS) is 15.7. The van der Waals surface area contributed by atoms with Gasteiger partial charge in [0, 0.05) is 6.54 Å². The highest BCUT2D eigenvalue weighted by Crippen LogP contribution is 2.24. The number of benzene rings is 1. The van der Waals surface area contributed by atoms with Crippen molar-refractivity contribution in [2.45, 2.75) is 26.7 Å². The topological polar surface area (TPSA) is 44.6 Å². The highest BCUT2D eigenvalue weighted by Gasteiger charge is 2.10. The molecule has 1 heterocycles. The molecule has 0 spiro atoms. The molecule has 0 saturated carbocycles. The van der Waals surface area contributed by atoms with Gasteiger partial charge in [0.25, 0.3) is 0 Å². The maximum Gasteiger partial charge on any atom is 0.121 e. The molecule has 0 bridgehead atoms. The fourth-order valence-electron chi connectivity index (χ4n) is 1.87. The Bertz CT molecular complexity index is 387. The van der Waals surface area contributed by atoms with Crippen LogP contribution in [0.25, 0.3) is 0 Å². The Labute approximate surface area is 89.8 Å². The number of hydrogen-bond donors (Lipinski definition) is 2. The van der Waals surface area contributed by atoms with Gasteiger partial charge in [0.15, 0.2) is 0 Å². The van der Waals surface area contributed by atoms with E-state index >= 15 is 0 Å². The molecule has 0 fully saturated rings. The Balaban J connectivity index is 2.40. The summed E-state index contributed by atoms with van der Waals surface area (Å²) in [5.74, 6) is 0.392. The molecule has 0 saturated heterocycles. The molecular formula is C12H16N2O. The van der Waals surface area contributed by atoms with Crippen molar-refractivity contribution in [2.24, 2.45) is 5.10 Å². The molecule has 0 aromatic heterocycles. The third kappa shape index (κ3) is 1.96. The highest BCUT2D eigenvalue weighted by atomic mass is 16.3. The van der Waals surface area contributed by atoms with Crippen molar-refractivity contribution in [1.29, 1.82) is 0 Å². The summed E-state index contributed by atoms with van der Waals surface area (Å²) >= 11 is 0. The first-order valence-electron chi connectivity index (χ1n) is 5.28. The van der Waals surface area contributed by atoms with E-state index in [9.17, 15) is 5.11 Å². The number of phenols is 1. The van der Waals surface area contributed by atoms with Gasteiger partial charge in [-0.05, 0) is 55.5 Å². The Morgan fingerprint density at radius 3 is 2.47 bits per heavy atom. The molecule has 0 radical (unpaired) electrons. The second kappa shape index (κ2) is 3.93. The number of hydrogen-bond acceptors (Lipinski definition) is 3. The van der Waals surface area contributed by atoms with Crippen molar-refractivity contribution in [3.8, 4) is 5.75 Å². The zero-order chi connectivity index (χ0) is 10.8. The first-order chi connectivity index (χ1) is 7.18. The van der Waals surface area contributed by atoms with Crippen molar-refractivity contribution in [3.05, 3.63) is 28.8 Å². The predicted octanol–water partition coefficient (Wildman–Crippen LogP) is 2.10. The minimum atomic E-state index is 0.392. The summed E-state index contributed by atoms with van der Waals surface area (Å²) in [5, 5.41) is 14.0. The first-order valence-corrected chi connectivity index (χ1v) is 5.28. The van der Waals surface area contributed by atoms with E-state index < -0.39 is 0 Å². The van der Waals surface area contributed by atoms with Gasteiger partial charge >= 0.3 is 0 Å². The molecule has 2 rings (SSSR count). The van der Waals surface area contributed by atoms with Crippen LogP contribution in [0.1, 0.15) is 29.5 Å². The predicted molar refractivity (Wildman–Crippen MR) is 61.4 cm³/mol. The summed E-state index contributed by atoms with van der Waals surface area (Å²) < 4.78 is 0. The summed E-state index contributed by atoms with van der Waals surface area (Å²) in [4.78, 5) is 0. The second-order valence-corrected chi connectivity index (χ2v) is 4.03. The van der Waals surface area contributed by atoms with E-state index in [-0.39, 0.29) is 0 Å². The van der Waals surface area contributed by atoms with Crippen LogP contribution in [0.2, 0.25) is 0 Å². The van der Waals surface area contributed by atoms with Crippen LogP contribution in [-0.2, 0) is 0 Å². The lowest BCUT2D eigenvalue weighted by atomic mass is 9.99. The van der Waals surface area contributed by atoms with Crippen molar-refractivity contribution in [3.63, 3.8) is 0 Å². The average Bonchev–Trinajstić information content (AvgIpc) is 2.26. The van der Waals surface area contributed by atoms with Gasteiger partial charge in [0.05, 0.1) is 5.71 Å². The summed E-state index contributed by atoms with van der Waals surface area (Å²) in [5.41, 5.74) is 7.05. The van der Waals surface area contributed by atoms with Crippen molar-refractivity contribution < 1.29 is 5.11 Å². The maximum absolute atomic E-state index is 9.67. The Morgan fingerprint density at radius 2 is 1.93 bits per heavy atom. The molecule has 0 atom stereocenters. The highest BCUT2D eigenvalue weighted by molar-refractivity contribution is 6.01. The Kier molecular flexibility index (Phi) is 2.62. The average molecular weight is 204 g/mol. The SMILES string of the molecule is Cc1cc(C2=NNCCC2)cc(C)c1O. The van der Waals surface area contributed by atoms with Crippen LogP contribution in [0.5, 0.6) is 5.75 Å². The lowest BCUT2D eigenvalue weighted by molar-refractivity contribution is 0.467. The molecule has 2 N–H and O–H groups in total. The quantitative estimate of drug-likeness (QED) is 0.735. The van der Waals surface area contributed by atoms with Crippen LogP contribution in [-0.4, -0.2) is 17.4 Å². The molecule has 1 aliphatic heterocycles. The zero-order valence-electron chi connectivity index (χ0n) is 9.17. The summed E-state index contributed by atoms with van der Waals surface area (Å²) in [6.45, 7) is 4.80. The Morgan fingerprint density at radius 1 is 1.27 bits per heavy atom. The second-order valence-electron chi connectivity index (χ2n) is 4.03. The van der Waals surface area contributed by atoms with Crippen molar-refractivity contribution in [1.82, 2.24) is 5.43 Å². The molecule has 0 aliphatic carbocycles. The molecule has 80 valence electrons. The monoisotopic (exact) mass is 204 g/mol. The van der Waals surface area contributed by atoms with Gasteiger partial charge in [0.2, 0.25) is 0 Å². The van der Waals surface area contributed by atoms with Crippen LogP contribution >= 0.6 is 0 Å². The molecule has 0 unspecified atom stereocenters. The lowest BCUT2D eigenvalue weighted by Crippen LogP contribution is -2.19. The van der Waals surface area contributed by atoms with E-state index in [1.807, 2.05) is 26.0 Å². The number of phenolic OH excluding ortho intramolecular Hbond substituents is 1. The smallest absolute Gasteiger partial charge is 0.121 e.